The highest BCUT2D eigenvalue weighted by Crippen LogP contribution is 2.46. The molecule has 2 fully saturated rings. The van der Waals surface area contributed by atoms with E-state index in [0.717, 1.165) is 51.4 Å². The Labute approximate surface area is 195 Å². The van der Waals surface area contributed by atoms with Gasteiger partial charge in [-0.3, -0.25) is 0 Å². The largest absolute Gasteiger partial charge is 0.367 e. The molecule has 0 bridgehead atoms. The first-order valence-electron chi connectivity index (χ1n) is 12.1. The standard InChI is InChI=1S/C26H32N6O/c27-31-29-23-15-7-9-17-25(23,19-21-11-3-1-4-12-21)33-26(20-22-13-5-2-6-14-22)18-10-8-16-24(26)30-32-28/h1-6,11-14,23-24H,7-10,15-20H2. The van der Waals surface area contributed by atoms with Gasteiger partial charge in [0.15, 0.2) is 0 Å². The molecular formula is C26H32N6O. The molecule has 0 spiro atoms. The summed E-state index contributed by atoms with van der Waals surface area (Å²) >= 11 is 0. The molecule has 0 aromatic heterocycles. The monoisotopic (exact) mass is 444 g/mol. The SMILES string of the molecule is [N-]=[N+]=NC1CCCCC1(Cc1ccccc1)OC1(Cc2ccccc2)CCCCC1N=[N+]=[N-]. The summed E-state index contributed by atoms with van der Waals surface area (Å²) in [7, 11) is 0. The number of benzene rings is 2. The fraction of sp³-hybridized carbons (Fsp3) is 0.538. The average molecular weight is 445 g/mol. The molecule has 2 aliphatic rings. The van der Waals surface area contributed by atoms with Crippen molar-refractivity contribution in [2.75, 3.05) is 0 Å². The summed E-state index contributed by atoms with van der Waals surface area (Å²) in [6, 6.07) is 20.1. The maximum Gasteiger partial charge on any atom is 0.0814 e. The first-order valence-corrected chi connectivity index (χ1v) is 12.1. The number of ether oxygens (including phenoxy) is 1. The van der Waals surface area contributed by atoms with E-state index in [2.05, 4.69) is 44.3 Å². The topological polar surface area (TPSA) is 107 Å². The summed E-state index contributed by atoms with van der Waals surface area (Å²) in [5, 5.41) is 8.52. The normalized spacial score (nSPS) is 29.5. The van der Waals surface area contributed by atoms with Crippen LogP contribution in [0.5, 0.6) is 0 Å². The third-order valence-corrected chi connectivity index (χ3v) is 7.35. The lowest BCUT2D eigenvalue weighted by molar-refractivity contribution is -0.197. The molecule has 7 heteroatoms. The van der Waals surface area contributed by atoms with E-state index in [1.807, 2.05) is 36.4 Å². The van der Waals surface area contributed by atoms with Crippen molar-refractivity contribution in [2.45, 2.75) is 87.5 Å². The molecule has 0 amide bonds. The van der Waals surface area contributed by atoms with Gasteiger partial charge in [0.05, 0.1) is 23.3 Å². The predicted molar refractivity (Wildman–Crippen MR) is 130 cm³/mol. The van der Waals surface area contributed by atoms with Crippen LogP contribution in [0.3, 0.4) is 0 Å². The van der Waals surface area contributed by atoms with Crippen molar-refractivity contribution in [1.29, 1.82) is 0 Å². The molecule has 0 saturated heterocycles. The van der Waals surface area contributed by atoms with E-state index in [4.69, 9.17) is 4.74 Å². The zero-order valence-electron chi connectivity index (χ0n) is 19.1. The molecule has 4 unspecified atom stereocenters. The van der Waals surface area contributed by atoms with Crippen molar-refractivity contribution >= 4 is 0 Å². The van der Waals surface area contributed by atoms with Crippen LogP contribution in [0.2, 0.25) is 0 Å². The molecule has 4 atom stereocenters. The average Bonchev–Trinajstić information content (AvgIpc) is 2.84. The summed E-state index contributed by atoms with van der Waals surface area (Å²) in [6.07, 6.45) is 8.72. The third-order valence-electron chi connectivity index (χ3n) is 7.35. The molecule has 0 aliphatic heterocycles. The van der Waals surface area contributed by atoms with E-state index in [9.17, 15) is 11.1 Å². The van der Waals surface area contributed by atoms with Crippen molar-refractivity contribution in [1.82, 2.24) is 0 Å². The molecule has 2 aliphatic carbocycles. The van der Waals surface area contributed by atoms with Gasteiger partial charge in [0.25, 0.3) is 0 Å². The second-order valence-electron chi connectivity index (χ2n) is 9.49. The van der Waals surface area contributed by atoms with Gasteiger partial charge in [0.1, 0.15) is 0 Å². The van der Waals surface area contributed by atoms with Crippen molar-refractivity contribution in [3.8, 4) is 0 Å². The Kier molecular flexibility index (Phi) is 7.56. The van der Waals surface area contributed by atoms with Crippen LogP contribution in [0.15, 0.2) is 70.9 Å². The third kappa shape index (κ3) is 5.33. The maximum atomic E-state index is 9.39. The highest BCUT2D eigenvalue weighted by atomic mass is 16.5. The number of azide groups is 2. The van der Waals surface area contributed by atoms with Crippen LogP contribution >= 0.6 is 0 Å². The fourth-order valence-corrected chi connectivity index (χ4v) is 5.84. The van der Waals surface area contributed by atoms with Gasteiger partial charge in [0, 0.05) is 22.7 Å². The number of hydrogen-bond acceptors (Lipinski definition) is 3. The van der Waals surface area contributed by atoms with E-state index in [0.29, 0.717) is 12.8 Å². The van der Waals surface area contributed by atoms with Crippen LogP contribution in [0.25, 0.3) is 20.9 Å². The fourth-order valence-electron chi connectivity index (χ4n) is 5.84. The van der Waals surface area contributed by atoms with Crippen molar-refractivity contribution in [3.63, 3.8) is 0 Å². The second kappa shape index (κ2) is 10.8. The van der Waals surface area contributed by atoms with E-state index in [1.165, 1.54) is 11.1 Å². The summed E-state index contributed by atoms with van der Waals surface area (Å²) in [5.74, 6) is 0. The Bertz CT molecular complexity index is 920. The lowest BCUT2D eigenvalue weighted by Gasteiger charge is -2.52. The van der Waals surface area contributed by atoms with E-state index >= 15 is 0 Å². The molecule has 2 saturated carbocycles. The quantitative estimate of drug-likeness (QED) is 0.235. The summed E-state index contributed by atoms with van der Waals surface area (Å²) < 4.78 is 7.32. The van der Waals surface area contributed by atoms with Gasteiger partial charge in [-0.25, -0.2) is 0 Å². The number of nitrogens with zero attached hydrogens (tertiary/aromatic N) is 6. The van der Waals surface area contributed by atoms with Gasteiger partial charge in [-0.1, -0.05) is 96.6 Å². The van der Waals surface area contributed by atoms with Crippen molar-refractivity contribution < 1.29 is 4.74 Å². The second-order valence-corrected chi connectivity index (χ2v) is 9.49. The highest BCUT2D eigenvalue weighted by Gasteiger charge is 2.51. The lowest BCUT2D eigenvalue weighted by atomic mass is 9.72. The summed E-state index contributed by atoms with van der Waals surface area (Å²) in [5.41, 5.74) is 19.9. The molecule has 33 heavy (non-hydrogen) atoms. The van der Waals surface area contributed by atoms with E-state index in [1.54, 1.807) is 0 Å². The Morgan fingerprint density at radius 2 is 1.12 bits per heavy atom. The molecule has 172 valence electrons. The van der Waals surface area contributed by atoms with Gasteiger partial charge in [-0.05, 0) is 47.9 Å². The van der Waals surface area contributed by atoms with Gasteiger partial charge in [-0.15, -0.1) is 0 Å². The van der Waals surface area contributed by atoms with Crippen LogP contribution in [-0.2, 0) is 17.6 Å². The summed E-state index contributed by atoms with van der Waals surface area (Å²) in [4.78, 5) is 6.43. The van der Waals surface area contributed by atoms with Gasteiger partial charge in [0.2, 0.25) is 0 Å². The first-order chi connectivity index (χ1) is 16.2. The Hall–Kier alpha value is -2.98. The number of hydrogen-bond donors (Lipinski definition) is 0. The van der Waals surface area contributed by atoms with Crippen molar-refractivity contribution in [3.05, 3.63) is 92.7 Å². The number of rotatable bonds is 8. The van der Waals surface area contributed by atoms with E-state index < -0.39 is 11.2 Å². The zero-order chi connectivity index (χ0) is 23.0. The van der Waals surface area contributed by atoms with Gasteiger partial charge >= 0.3 is 0 Å². The molecule has 0 heterocycles. The van der Waals surface area contributed by atoms with Crippen LogP contribution in [0.4, 0.5) is 0 Å². The lowest BCUT2D eigenvalue weighted by Crippen LogP contribution is -2.59. The van der Waals surface area contributed by atoms with Crippen LogP contribution < -0.4 is 0 Å². The molecular weight excluding hydrogens is 412 g/mol. The van der Waals surface area contributed by atoms with Crippen LogP contribution in [0, 0.1) is 0 Å². The van der Waals surface area contributed by atoms with Crippen LogP contribution in [0.1, 0.15) is 62.5 Å². The Balaban J connectivity index is 1.79. The predicted octanol–water partition coefficient (Wildman–Crippen LogP) is 7.47. The maximum absolute atomic E-state index is 9.39. The van der Waals surface area contributed by atoms with Gasteiger partial charge < -0.3 is 4.74 Å². The Morgan fingerprint density at radius 3 is 1.52 bits per heavy atom. The first kappa shape index (κ1) is 23.2. The summed E-state index contributed by atoms with van der Waals surface area (Å²) in [6.45, 7) is 0. The van der Waals surface area contributed by atoms with Crippen LogP contribution in [-0.4, -0.2) is 23.3 Å². The zero-order valence-corrected chi connectivity index (χ0v) is 19.1. The van der Waals surface area contributed by atoms with E-state index in [-0.39, 0.29) is 12.1 Å². The minimum absolute atomic E-state index is 0.252. The smallest absolute Gasteiger partial charge is 0.0814 e. The molecule has 2 aromatic carbocycles. The Morgan fingerprint density at radius 1 is 0.697 bits per heavy atom. The highest BCUT2D eigenvalue weighted by molar-refractivity contribution is 5.22. The molecule has 2 aromatic rings. The van der Waals surface area contributed by atoms with Gasteiger partial charge in [-0.2, -0.15) is 0 Å². The molecule has 4 rings (SSSR count). The minimum atomic E-state index is -0.624. The minimum Gasteiger partial charge on any atom is -0.367 e. The van der Waals surface area contributed by atoms with Crippen molar-refractivity contribution in [2.24, 2.45) is 10.2 Å². The molecule has 0 radical (unpaired) electrons. The molecule has 7 nitrogen and oxygen atoms in total. The molecule has 0 N–H and O–H groups in total.